The minimum Gasteiger partial charge on any atom is -0.478 e. The Bertz CT molecular complexity index is 1030. The SMILES string of the molecule is CCCCCCCC(=O)OC(C)c1cccc2nc3c(C(=O)O)cccc3nc12. The van der Waals surface area contributed by atoms with E-state index in [2.05, 4.69) is 16.9 Å². The van der Waals surface area contributed by atoms with Crippen LogP contribution in [0.3, 0.4) is 0 Å². The molecule has 0 aliphatic rings. The number of unbranched alkanes of at least 4 members (excludes halogenated alkanes) is 4. The number of hydrogen-bond acceptors (Lipinski definition) is 5. The standard InChI is InChI=1S/C23H26N2O4/c1-3-4-5-6-7-14-20(26)29-15(2)16-10-8-12-18-21(16)24-19-13-9-11-17(23(27)28)22(19)25-18/h8-13,15H,3-7,14H2,1-2H3,(H,27,28). The third kappa shape index (κ3) is 4.88. The van der Waals surface area contributed by atoms with E-state index in [0.717, 1.165) is 24.8 Å². The van der Waals surface area contributed by atoms with Gasteiger partial charge in [-0.15, -0.1) is 0 Å². The molecule has 1 aromatic heterocycles. The van der Waals surface area contributed by atoms with Crippen molar-refractivity contribution in [3.05, 3.63) is 47.5 Å². The van der Waals surface area contributed by atoms with Crippen LogP contribution in [0.25, 0.3) is 22.1 Å². The number of benzene rings is 2. The lowest BCUT2D eigenvalue weighted by atomic mass is 10.1. The van der Waals surface area contributed by atoms with Crippen molar-refractivity contribution in [1.29, 1.82) is 0 Å². The van der Waals surface area contributed by atoms with Gasteiger partial charge in [-0.25, -0.2) is 14.8 Å². The van der Waals surface area contributed by atoms with Crippen LogP contribution in [-0.2, 0) is 9.53 Å². The van der Waals surface area contributed by atoms with E-state index in [1.54, 1.807) is 18.2 Å². The minimum atomic E-state index is -1.04. The predicted octanol–water partition coefficient (Wildman–Crippen LogP) is 5.45. The summed E-state index contributed by atoms with van der Waals surface area (Å²) in [5, 5.41) is 9.39. The minimum absolute atomic E-state index is 0.116. The van der Waals surface area contributed by atoms with Crippen LogP contribution in [0.5, 0.6) is 0 Å². The molecule has 1 unspecified atom stereocenters. The Morgan fingerprint density at radius 2 is 1.62 bits per heavy atom. The average molecular weight is 394 g/mol. The van der Waals surface area contributed by atoms with Gasteiger partial charge in [0.2, 0.25) is 0 Å². The molecule has 1 heterocycles. The fourth-order valence-corrected chi connectivity index (χ4v) is 3.43. The molecule has 0 aliphatic carbocycles. The molecule has 0 amide bonds. The number of carboxylic acid groups (broad SMARTS) is 1. The first-order valence-electron chi connectivity index (χ1n) is 10.1. The Morgan fingerprint density at radius 3 is 2.34 bits per heavy atom. The van der Waals surface area contributed by atoms with Crippen LogP contribution in [0.4, 0.5) is 0 Å². The number of carbonyl (C=O) groups is 2. The molecular formula is C23H26N2O4. The predicted molar refractivity (Wildman–Crippen MR) is 112 cm³/mol. The normalized spacial score (nSPS) is 12.2. The van der Waals surface area contributed by atoms with Crippen molar-refractivity contribution in [3.63, 3.8) is 0 Å². The van der Waals surface area contributed by atoms with Gasteiger partial charge in [-0.05, 0) is 31.5 Å². The number of aromatic carboxylic acids is 1. The van der Waals surface area contributed by atoms with Crippen LogP contribution in [0.2, 0.25) is 0 Å². The Hall–Kier alpha value is -3.02. The molecule has 0 radical (unpaired) electrons. The zero-order valence-corrected chi connectivity index (χ0v) is 16.9. The number of para-hydroxylation sites is 2. The van der Waals surface area contributed by atoms with Crippen molar-refractivity contribution < 1.29 is 19.4 Å². The third-order valence-corrected chi connectivity index (χ3v) is 4.99. The topological polar surface area (TPSA) is 89.4 Å². The maximum Gasteiger partial charge on any atom is 0.337 e. The zero-order valence-electron chi connectivity index (χ0n) is 16.9. The van der Waals surface area contributed by atoms with Crippen molar-refractivity contribution >= 4 is 34.0 Å². The van der Waals surface area contributed by atoms with Crippen LogP contribution in [0.1, 0.15) is 74.4 Å². The molecule has 0 saturated carbocycles. The average Bonchev–Trinajstić information content (AvgIpc) is 2.71. The van der Waals surface area contributed by atoms with Crippen LogP contribution in [0.15, 0.2) is 36.4 Å². The first kappa shape index (κ1) is 20.7. The van der Waals surface area contributed by atoms with Crippen LogP contribution >= 0.6 is 0 Å². The molecule has 6 heteroatoms. The summed E-state index contributed by atoms with van der Waals surface area (Å²) in [6.45, 7) is 3.98. The summed E-state index contributed by atoms with van der Waals surface area (Å²) in [7, 11) is 0. The van der Waals surface area contributed by atoms with Gasteiger partial charge in [-0.3, -0.25) is 4.79 Å². The molecule has 0 aliphatic heterocycles. The molecule has 3 aromatic rings. The highest BCUT2D eigenvalue weighted by Crippen LogP contribution is 2.27. The van der Waals surface area contributed by atoms with E-state index in [-0.39, 0.29) is 11.5 Å². The van der Waals surface area contributed by atoms with E-state index >= 15 is 0 Å². The fourth-order valence-electron chi connectivity index (χ4n) is 3.43. The van der Waals surface area contributed by atoms with Gasteiger partial charge in [0.25, 0.3) is 0 Å². The summed E-state index contributed by atoms with van der Waals surface area (Å²) in [5.74, 6) is -1.26. The second kappa shape index (κ2) is 9.45. The molecule has 0 bridgehead atoms. The molecule has 1 N–H and O–H groups in total. The van der Waals surface area contributed by atoms with Gasteiger partial charge >= 0.3 is 11.9 Å². The number of hydrogen-bond donors (Lipinski definition) is 1. The summed E-state index contributed by atoms with van der Waals surface area (Å²) in [6.07, 6.45) is 5.33. The smallest absolute Gasteiger partial charge is 0.337 e. The molecule has 3 rings (SSSR count). The van der Waals surface area contributed by atoms with E-state index in [1.165, 1.54) is 18.9 Å². The molecule has 29 heavy (non-hydrogen) atoms. The zero-order chi connectivity index (χ0) is 20.8. The second-order valence-electron chi connectivity index (χ2n) is 7.21. The lowest BCUT2D eigenvalue weighted by Crippen LogP contribution is -2.10. The molecule has 152 valence electrons. The number of ether oxygens (including phenoxy) is 1. The van der Waals surface area contributed by atoms with Crippen molar-refractivity contribution in [3.8, 4) is 0 Å². The highest BCUT2D eigenvalue weighted by atomic mass is 16.5. The summed E-state index contributed by atoms with van der Waals surface area (Å²) in [6, 6.07) is 10.4. The van der Waals surface area contributed by atoms with E-state index < -0.39 is 12.1 Å². The maximum absolute atomic E-state index is 12.2. The van der Waals surface area contributed by atoms with Crippen LogP contribution < -0.4 is 0 Å². The van der Waals surface area contributed by atoms with Gasteiger partial charge in [-0.2, -0.15) is 0 Å². The number of nitrogens with zero attached hydrogens (tertiary/aromatic N) is 2. The van der Waals surface area contributed by atoms with Crippen LogP contribution in [0, 0.1) is 0 Å². The Labute approximate surface area is 169 Å². The number of rotatable bonds is 9. The summed E-state index contributed by atoms with van der Waals surface area (Å²) < 4.78 is 5.62. The Morgan fingerprint density at radius 1 is 0.966 bits per heavy atom. The van der Waals surface area contributed by atoms with Crippen molar-refractivity contribution in [1.82, 2.24) is 9.97 Å². The molecule has 6 nitrogen and oxygen atoms in total. The number of carbonyl (C=O) groups excluding carboxylic acids is 1. The lowest BCUT2D eigenvalue weighted by molar-refractivity contribution is -0.148. The van der Waals surface area contributed by atoms with E-state index in [4.69, 9.17) is 4.74 Å². The Balaban J connectivity index is 1.82. The molecule has 0 saturated heterocycles. The quantitative estimate of drug-likeness (QED) is 0.295. The largest absolute Gasteiger partial charge is 0.478 e. The van der Waals surface area contributed by atoms with Gasteiger partial charge in [0.1, 0.15) is 11.6 Å². The maximum atomic E-state index is 12.2. The lowest BCUT2D eigenvalue weighted by Gasteiger charge is -2.15. The summed E-state index contributed by atoms with van der Waals surface area (Å²) >= 11 is 0. The van der Waals surface area contributed by atoms with Crippen molar-refractivity contribution in [2.45, 2.75) is 58.5 Å². The fraction of sp³-hybridized carbons (Fsp3) is 0.391. The van der Waals surface area contributed by atoms with Gasteiger partial charge < -0.3 is 9.84 Å². The number of carboxylic acids is 1. The monoisotopic (exact) mass is 394 g/mol. The third-order valence-electron chi connectivity index (χ3n) is 4.99. The molecule has 0 spiro atoms. The summed E-state index contributed by atoms with van der Waals surface area (Å²) in [5.41, 5.74) is 2.92. The van der Waals surface area contributed by atoms with Crippen molar-refractivity contribution in [2.24, 2.45) is 0 Å². The first-order valence-corrected chi connectivity index (χ1v) is 10.1. The molecule has 0 fully saturated rings. The highest BCUT2D eigenvalue weighted by Gasteiger charge is 2.18. The molecule has 1 atom stereocenters. The number of fused-ring (bicyclic) bond motifs is 2. The highest BCUT2D eigenvalue weighted by molar-refractivity contribution is 6.02. The summed E-state index contributed by atoms with van der Waals surface area (Å²) in [4.78, 5) is 32.8. The first-order chi connectivity index (χ1) is 14.0. The van der Waals surface area contributed by atoms with Gasteiger partial charge in [0.15, 0.2) is 0 Å². The Kier molecular flexibility index (Phi) is 6.75. The molecular weight excluding hydrogens is 368 g/mol. The van der Waals surface area contributed by atoms with Crippen LogP contribution in [-0.4, -0.2) is 27.0 Å². The molecule has 2 aromatic carbocycles. The van der Waals surface area contributed by atoms with Gasteiger partial charge in [0, 0.05) is 12.0 Å². The number of esters is 1. The van der Waals surface area contributed by atoms with E-state index in [1.807, 2.05) is 19.1 Å². The van der Waals surface area contributed by atoms with E-state index in [9.17, 15) is 14.7 Å². The van der Waals surface area contributed by atoms with Gasteiger partial charge in [0.05, 0.1) is 22.1 Å². The second-order valence-corrected chi connectivity index (χ2v) is 7.21. The van der Waals surface area contributed by atoms with E-state index in [0.29, 0.717) is 28.5 Å². The van der Waals surface area contributed by atoms with Crippen molar-refractivity contribution in [2.75, 3.05) is 0 Å². The number of aromatic nitrogens is 2. The van der Waals surface area contributed by atoms with Gasteiger partial charge in [-0.1, -0.05) is 50.8 Å².